The molecule has 19 heavy (non-hydrogen) atoms. The highest BCUT2D eigenvalue weighted by atomic mass is 35.5. The first-order chi connectivity index (χ1) is 9.08. The Hall–Kier alpha value is -0.670. The molecule has 1 unspecified atom stereocenters. The molecule has 0 aliphatic heterocycles. The van der Waals surface area contributed by atoms with Gasteiger partial charge in [-0.05, 0) is 43.0 Å². The van der Waals surface area contributed by atoms with Crippen molar-refractivity contribution < 1.29 is 0 Å². The lowest BCUT2D eigenvalue weighted by molar-refractivity contribution is 0.560. The molecule has 0 bridgehead atoms. The Kier molecular flexibility index (Phi) is 3.52. The first-order valence-corrected chi connectivity index (χ1v) is 7.32. The summed E-state index contributed by atoms with van der Waals surface area (Å²) in [7, 11) is 0. The lowest BCUT2D eigenvalue weighted by Gasteiger charge is -2.21. The van der Waals surface area contributed by atoms with E-state index >= 15 is 0 Å². The van der Waals surface area contributed by atoms with Gasteiger partial charge in [-0.25, -0.2) is 0 Å². The van der Waals surface area contributed by atoms with Crippen molar-refractivity contribution in [2.24, 2.45) is 5.73 Å². The van der Waals surface area contributed by atoms with E-state index < -0.39 is 0 Å². The maximum absolute atomic E-state index is 6.28. The summed E-state index contributed by atoms with van der Waals surface area (Å²) in [6, 6.07) is 5.66. The number of nitrogens with two attached hydrogens (primary N) is 1. The topological polar surface area (TPSA) is 30.9 Å². The number of benzene rings is 1. The quantitative estimate of drug-likeness (QED) is 0.755. The third-order valence-corrected chi connectivity index (χ3v) is 4.63. The van der Waals surface area contributed by atoms with Crippen LogP contribution in [-0.2, 0) is 6.42 Å². The molecule has 0 amide bonds. The van der Waals surface area contributed by atoms with Crippen LogP contribution in [0, 0.1) is 0 Å². The minimum Gasteiger partial charge on any atom is -0.324 e. The lowest BCUT2D eigenvalue weighted by Crippen LogP contribution is -2.17. The van der Waals surface area contributed by atoms with Crippen LogP contribution in [0.3, 0.4) is 0 Å². The van der Waals surface area contributed by atoms with Crippen molar-refractivity contribution in [2.75, 3.05) is 0 Å². The zero-order chi connectivity index (χ0) is 13.6. The monoisotopic (exact) mass is 314 g/mol. The average molecular weight is 316 g/mol. The molecule has 0 spiro atoms. The summed E-state index contributed by atoms with van der Waals surface area (Å²) in [5.41, 5.74) is 9.41. The summed E-state index contributed by atoms with van der Waals surface area (Å²) in [6.07, 6.45) is 5.14. The van der Waals surface area contributed by atoms with Crippen molar-refractivity contribution in [2.45, 2.75) is 25.3 Å². The summed E-state index contributed by atoms with van der Waals surface area (Å²) < 4.78 is 2.07. The van der Waals surface area contributed by atoms with E-state index in [0.29, 0.717) is 15.1 Å². The van der Waals surface area contributed by atoms with Gasteiger partial charge in [0.25, 0.3) is 0 Å². The Balaban J connectivity index is 2.16. The van der Waals surface area contributed by atoms with E-state index in [1.165, 1.54) is 11.3 Å². The van der Waals surface area contributed by atoms with Crippen LogP contribution < -0.4 is 5.73 Å². The third kappa shape index (κ3) is 2.27. The van der Waals surface area contributed by atoms with Crippen molar-refractivity contribution in [1.29, 1.82) is 0 Å². The lowest BCUT2D eigenvalue weighted by atomic mass is 9.93. The number of aromatic nitrogens is 1. The molecular formula is C14H13Cl3N2. The molecule has 2 N–H and O–H groups in total. The Labute approximate surface area is 127 Å². The molecule has 100 valence electrons. The molecule has 0 saturated heterocycles. The van der Waals surface area contributed by atoms with Crippen molar-refractivity contribution in [3.05, 3.63) is 50.7 Å². The highest BCUT2D eigenvalue weighted by molar-refractivity contribution is 6.43. The summed E-state index contributed by atoms with van der Waals surface area (Å²) in [4.78, 5) is 0. The Bertz CT molecular complexity index is 634. The summed E-state index contributed by atoms with van der Waals surface area (Å²) >= 11 is 18.3. The van der Waals surface area contributed by atoms with Crippen molar-refractivity contribution >= 4 is 34.8 Å². The van der Waals surface area contributed by atoms with Gasteiger partial charge >= 0.3 is 0 Å². The van der Waals surface area contributed by atoms with Gasteiger partial charge in [0.2, 0.25) is 0 Å². The number of hydrogen-bond donors (Lipinski definition) is 1. The Morgan fingerprint density at radius 2 is 1.84 bits per heavy atom. The largest absolute Gasteiger partial charge is 0.324 e. The molecule has 1 aliphatic rings. The molecule has 1 aromatic carbocycles. The second kappa shape index (κ2) is 5.02. The number of halogens is 3. The third-order valence-electron chi connectivity index (χ3n) is 3.60. The number of rotatable bonds is 1. The van der Waals surface area contributed by atoms with E-state index in [4.69, 9.17) is 40.5 Å². The Morgan fingerprint density at radius 3 is 2.63 bits per heavy atom. The van der Waals surface area contributed by atoms with Gasteiger partial charge in [-0.1, -0.05) is 34.8 Å². The predicted octanol–water partition coefficient (Wildman–Crippen LogP) is 4.77. The smallest absolute Gasteiger partial charge is 0.0662 e. The van der Waals surface area contributed by atoms with Gasteiger partial charge in [-0.2, -0.15) is 0 Å². The zero-order valence-corrected chi connectivity index (χ0v) is 12.4. The van der Waals surface area contributed by atoms with Crippen molar-refractivity contribution in [3.63, 3.8) is 0 Å². The maximum atomic E-state index is 6.28. The van der Waals surface area contributed by atoms with Crippen LogP contribution in [0.15, 0.2) is 24.4 Å². The zero-order valence-electron chi connectivity index (χ0n) is 10.2. The van der Waals surface area contributed by atoms with Gasteiger partial charge in [0.1, 0.15) is 0 Å². The molecule has 1 aromatic heterocycles. The van der Waals surface area contributed by atoms with E-state index in [1.54, 1.807) is 12.1 Å². The van der Waals surface area contributed by atoms with Crippen LogP contribution in [0.2, 0.25) is 15.1 Å². The molecule has 0 saturated carbocycles. The molecule has 2 aromatic rings. The second-order valence-electron chi connectivity index (χ2n) is 4.80. The van der Waals surface area contributed by atoms with Gasteiger partial charge in [0.05, 0.1) is 20.8 Å². The number of fused-ring (bicyclic) bond motifs is 1. The number of hydrogen-bond acceptors (Lipinski definition) is 1. The fraction of sp³-hybridized carbons (Fsp3) is 0.286. The van der Waals surface area contributed by atoms with Gasteiger partial charge < -0.3 is 10.3 Å². The molecule has 3 rings (SSSR count). The van der Waals surface area contributed by atoms with E-state index in [0.717, 1.165) is 24.9 Å². The molecule has 0 fully saturated rings. The molecule has 1 atom stereocenters. The summed E-state index contributed by atoms with van der Waals surface area (Å²) in [6.45, 7) is 0. The summed E-state index contributed by atoms with van der Waals surface area (Å²) in [5.74, 6) is 0. The minimum atomic E-state index is 0.117. The normalized spacial score (nSPS) is 18.4. The minimum absolute atomic E-state index is 0.117. The van der Waals surface area contributed by atoms with E-state index in [1.807, 2.05) is 6.20 Å². The fourth-order valence-electron chi connectivity index (χ4n) is 2.65. The van der Waals surface area contributed by atoms with Gasteiger partial charge in [0.15, 0.2) is 0 Å². The van der Waals surface area contributed by atoms with Gasteiger partial charge in [0, 0.05) is 17.9 Å². The maximum Gasteiger partial charge on any atom is 0.0662 e. The Morgan fingerprint density at radius 1 is 1.11 bits per heavy atom. The SMILES string of the molecule is NC1CCCc2c1ccn2-c1cc(Cl)c(Cl)cc1Cl. The molecule has 2 nitrogen and oxygen atoms in total. The van der Waals surface area contributed by atoms with Crippen LogP contribution in [0.5, 0.6) is 0 Å². The average Bonchev–Trinajstić information content (AvgIpc) is 2.79. The molecular weight excluding hydrogens is 303 g/mol. The van der Waals surface area contributed by atoms with Crippen molar-refractivity contribution in [1.82, 2.24) is 4.57 Å². The van der Waals surface area contributed by atoms with E-state index in [-0.39, 0.29) is 6.04 Å². The van der Waals surface area contributed by atoms with Crippen LogP contribution >= 0.6 is 34.8 Å². The standard InChI is InChI=1S/C14H13Cl3N2/c15-9-6-11(17)14(7-10(9)16)19-5-4-8-12(18)2-1-3-13(8)19/h4-7,12H,1-3,18H2. The van der Waals surface area contributed by atoms with E-state index in [9.17, 15) is 0 Å². The molecule has 1 aliphatic carbocycles. The van der Waals surface area contributed by atoms with Gasteiger partial charge in [-0.3, -0.25) is 0 Å². The first-order valence-electron chi connectivity index (χ1n) is 6.18. The second-order valence-corrected chi connectivity index (χ2v) is 6.03. The molecule has 0 radical (unpaired) electrons. The fourth-order valence-corrected chi connectivity index (χ4v) is 3.28. The first kappa shape index (κ1) is 13.3. The number of nitrogens with zero attached hydrogens (tertiary/aromatic N) is 1. The van der Waals surface area contributed by atoms with Crippen LogP contribution in [0.1, 0.15) is 30.1 Å². The highest BCUT2D eigenvalue weighted by Crippen LogP contribution is 2.35. The molecule has 5 heteroatoms. The van der Waals surface area contributed by atoms with E-state index in [2.05, 4.69) is 10.6 Å². The highest BCUT2D eigenvalue weighted by Gasteiger charge is 2.21. The predicted molar refractivity (Wildman–Crippen MR) is 80.7 cm³/mol. The van der Waals surface area contributed by atoms with Crippen LogP contribution in [-0.4, -0.2) is 4.57 Å². The van der Waals surface area contributed by atoms with Gasteiger partial charge in [-0.15, -0.1) is 0 Å². The molecule has 1 heterocycles. The van der Waals surface area contributed by atoms with Crippen LogP contribution in [0.4, 0.5) is 0 Å². The van der Waals surface area contributed by atoms with Crippen LogP contribution in [0.25, 0.3) is 5.69 Å². The van der Waals surface area contributed by atoms with Crippen molar-refractivity contribution in [3.8, 4) is 5.69 Å². The summed E-state index contributed by atoms with van der Waals surface area (Å²) in [5, 5.41) is 1.56.